The summed E-state index contributed by atoms with van der Waals surface area (Å²) in [5.41, 5.74) is 4.33. The van der Waals surface area contributed by atoms with Crippen molar-refractivity contribution in [3.8, 4) is 11.5 Å². The predicted molar refractivity (Wildman–Crippen MR) is 143 cm³/mol. The number of methoxy groups -OCH3 is 1. The second-order valence-electron chi connectivity index (χ2n) is 9.81. The molecule has 1 aliphatic rings. The first kappa shape index (κ1) is 27.3. The molecule has 3 rings (SSSR count). The molecule has 1 amide bonds. The highest BCUT2D eigenvalue weighted by atomic mass is 35.5. The molecule has 0 spiro atoms. The summed E-state index contributed by atoms with van der Waals surface area (Å²) in [6.07, 6.45) is 2.20. The molecular formula is C28H40ClN3O3. The van der Waals surface area contributed by atoms with Crippen molar-refractivity contribution in [3.05, 3.63) is 57.6 Å². The normalized spacial score (nSPS) is 15.1. The van der Waals surface area contributed by atoms with Crippen LogP contribution in [0, 0.1) is 19.8 Å². The molecule has 6 nitrogen and oxygen atoms in total. The molecule has 0 saturated carbocycles. The van der Waals surface area contributed by atoms with E-state index >= 15 is 0 Å². The van der Waals surface area contributed by atoms with Crippen molar-refractivity contribution in [1.29, 1.82) is 0 Å². The van der Waals surface area contributed by atoms with Crippen LogP contribution in [0.3, 0.4) is 0 Å². The van der Waals surface area contributed by atoms with Gasteiger partial charge in [-0.15, -0.1) is 0 Å². The van der Waals surface area contributed by atoms with E-state index in [9.17, 15) is 4.79 Å². The Morgan fingerprint density at radius 1 is 1.14 bits per heavy atom. The van der Waals surface area contributed by atoms with Crippen molar-refractivity contribution < 1.29 is 14.3 Å². The molecular weight excluding hydrogens is 462 g/mol. The highest BCUT2D eigenvalue weighted by Gasteiger charge is 2.32. The van der Waals surface area contributed by atoms with Crippen LogP contribution in [0.2, 0.25) is 5.02 Å². The van der Waals surface area contributed by atoms with Crippen LogP contribution in [0.5, 0.6) is 11.5 Å². The third-order valence-corrected chi connectivity index (χ3v) is 7.21. The van der Waals surface area contributed by atoms with Gasteiger partial charge in [0.05, 0.1) is 19.3 Å². The van der Waals surface area contributed by atoms with Gasteiger partial charge in [-0.2, -0.15) is 0 Å². The van der Waals surface area contributed by atoms with E-state index in [0.717, 1.165) is 44.8 Å². The van der Waals surface area contributed by atoms with Gasteiger partial charge in [0.2, 0.25) is 0 Å². The lowest BCUT2D eigenvalue weighted by molar-refractivity contribution is 0.0569. The first-order chi connectivity index (χ1) is 16.7. The minimum atomic E-state index is -0.153. The van der Waals surface area contributed by atoms with Crippen molar-refractivity contribution in [2.45, 2.75) is 39.7 Å². The summed E-state index contributed by atoms with van der Waals surface area (Å²) in [6.45, 7) is 11.0. The Kier molecular flexibility index (Phi) is 9.84. The molecule has 192 valence electrons. The Balaban J connectivity index is 1.48. The zero-order valence-corrected chi connectivity index (χ0v) is 22.7. The number of unbranched alkanes of at least 4 members (excludes halogenated alkanes) is 1. The second kappa shape index (κ2) is 12.6. The zero-order valence-electron chi connectivity index (χ0n) is 22.0. The molecule has 0 radical (unpaired) electrons. The van der Waals surface area contributed by atoms with E-state index in [1.54, 1.807) is 25.3 Å². The highest BCUT2D eigenvalue weighted by Crippen LogP contribution is 2.34. The quantitative estimate of drug-likeness (QED) is 0.410. The maximum atomic E-state index is 12.6. The molecule has 2 aromatic carbocycles. The van der Waals surface area contributed by atoms with Gasteiger partial charge in [0.25, 0.3) is 5.91 Å². The van der Waals surface area contributed by atoms with Gasteiger partial charge in [-0.3, -0.25) is 9.69 Å². The highest BCUT2D eigenvalue weighted by molar-refractivity contribution is 6.31. The van der Waals surface area contributed by atoms with Gasteiger partial charge in [-0.1, -0.05) is 17.7 Å². The fraction of sp³-hybridized carbons (Fsp3) is 0.536. The largest absolute Gasteiger partial charge is 0.496 e. The number of ether oxygens (including phenoxy) is 2. The van der Waals surface area contributed by atoms with Crippen molar-refractivity contribution in [2.75, 3.05) is 54.0 Å². The monoisotopic (exact) mass is 501 g/mol. The average Bonchev–Trinajstić information content (AvgIpc) is 2.79. The van der Waals surface area contributed by atoms with E-state index in [1.807, 2.05) is 0 Å². The topological polar surface area (TPSA) is 54.0 Å². The molecule has 2 aromatic rings. The minimum Gasteiger partial charge on any atom is -0.496 e. The molecule has 1 heterocycles. The van der Waals surface area contributed by atoms with Crippen molar-refractivity contribution >= 4 is 17.5 Å². The summed E-state index contributed by atoms with van der Waals surface area (Å²) in [7, 11) is 5.76. The van der Waals surface area contributed by atoms with Crippen LogP contribution < -0.4 is 14.8 Å². The number of likely N-dealkylation sites (tertiary alicyclic amines) is 1. The van der Waals surface area contributed by atoms with E-state index in [1.165, 1.54) is 16.7 Å². The molecule has 0 bridgehead atoms. The smallest absolute Gasteiger partial charge is 0.255 e. The van der Waals surface area contributed by atoms with Crippen LogP contribution in [0.1, 0.15) is 52.9 Å². The minimum absolute atomic E-state index is 0.153. The number of nitrogens with zero attached hydrogens (tertiary/aromatic N) is 2. The zero-order chi connectivity index (χ0) is 25.5. The fourth-order valence-electron chi connectivity index (χ4n) is 4.58. The maximum absolute atomic E-state index is 12.6. The first-order valence-electron chi connectivity index (χ1n) is 12.4. The molecule has 0 aromatic heterocycles. The Hall–Kier alpha value is -2.28. The third-order valence-electron chi connectivity index (χ3n) is 6.98. The fourth-order valence-corrected chi connectivity index (χ4v) is 4.75. The number of benzene rings is 2. The summed E-state index contributed by atoms with van der Waals surface area (Å²) in [5.74, 6) is 1.80. The van der Waals surface area contributed by atoms with E-state index in [-0.39, 0.29) is 5.91 Å². The Labute approximate surface area is 215 Å². The number of amides is 1. The van der Waals surface area contributed by atoms with Gasteiger partial charge in [-0.05, 0) is 95.2 Å². The molecule has 35 heavy (non-hydrogen) atoms. The summed E-state index contributed by atoms with van der Waals surface area (Å²) in [6, 6.07) is 9.74. The van der Waals surface area contributed by atoms with Crippen LogP contribution in [0.4, 0.5) is 0 Å². The Morgan fingerprint density at radius 2 is 1.86 bits per heavy atom. The first-order valence-corrected chi connectivity index (χ1v) is 12.8. The molecule has 1 saturated heterocycles. The Morgan fingerprint density at radius 3 is 2.54 bits per heavy atom. The summed E-state index contributed by atoms with van der Waals surface area (Å²) in [5, 5.41) is 3.56. The number of rotatable bonds is 12. The van der Waals surface area contributed by atoms with E-state index < -0.39 is 0 Å². The summed E-state index contributed by atoms with van der Waals surface area (Å²) < 4.78 is 11.4. The number of carbonyl (C=O) groups excluding carboxylic acids is 1. The average molecular weight is 502 g/mol. The van der Waals surface area contributed by atoms with Crippen LogP contribution in [0.25, 0.3) is 0 Å². The number of halogens is 1. The van der Waals surface area contributed by atoms with Gasteiger partial charge >= 0.3 is 0 Å². The number of hydrogen-bond acceptors (Lipinski definition) is 5. The lowest BCUT2D eigenvalue weighted by atomic mass is 9.91. The van der Waals surface area contributed by atoms with Gasteiger partial charge in [-0.25, -0.2) is 0 Å². The molecule has 0 aliphatic carbocycles. The van der Waals surface area contributed by atoms with Crippen molar-refractivity contribution in [3.63, 3.8) is 0 Å². The maximum Gasteiger partial charge on any atom is 0.255 e. The number of carbonyl (C=O) groups is 1. The van der Waals surface area contributed by atoms with Gasteiger partial charge in [0.15, 0.2) is 0 Å². The van der Waals surface area contributed by atoms with Crippen LogP contribution >= 0.6 is 11.6 Å². The lowest BCUT2D eigenvalue weighted by Gasteiger charge is -2.44. The van der Waals surface area contributed by atoms with Gasteiger partial charge in [0, 0.05) is 36.6 Å². The molecule has 1 aliphatic heterocycles. The molecule has 1 N–H and O–H groups in total. The number of nitrogens with one attached hydrogen (secondary N) is 1. The summed E-state index contributed by atoms with van der Waals surface area (Å²) in [4.78, 5) is 17.3. The SMILES string of the molecule is COc1ccc(Cl)cc1C(=O)NCC1CN(C(C)c2ccc(OCCCCN(C)C)c(C)c2C)C1. The van der Waals surface area contributed by atoms with E-state index in [0.29, 0.717) is 34.8 Å². The molecule has 1 atom stereocenters. The van der Waals surface area contributed by atoms with Gasteiger partial charge < -0.3 is 19.7 Å². The lowest BCUT2D eigenvalue weighted by Crippen LogP contribution is -2.52. The van der Waals surface area contributed by atoms with Crippen LogP contribution in [-0.4, -0.2) is 69.7 Å². The number of hydrogen-bond donors (Lipinski definition) is 1. The van der Waals surface area contributed by atoms with E-state index in [4.69, 9.17) is 21.1 Å². The molecule has 1 unspecified atom stereocenters. The molecule has 1 fully saturated rings. The van der Waals surface area contributed by atoms with Crippen molar-refractivity contribution in [1.82, 2.24) is 15.1 Å². The van der Waals surface area contributed by atoms with Gasteiger partial charge in [0.1, 0.15) is 11.5 Å². The molecule has 7 heteroatoms. The standard InChI is InChI=1S/C28H40ClN3O3/c1-19-20(2)26(35-14-8-7-13-31(4)5)12-10-24(19)21(3)32-17-22(18-32)16-30-28(33)25-15-23(29)9-11-27(25)34-6/h9-12,15,21-22H,7-8,13-14,16-18H2,1-6H3,(H,30,33). The predicted octanol–water partition coefficient (Wildman–Crippen LogP) is 5.11. The second-order valence-corrected chi connectivity index (χ2v) is 10.2. The summed E-state index contributed by atoms with van der Waals surface area (Å²) >= 11 is 6.06. The van der Waals surface area contributed by atoms with Crippen LogP contribution in [-0.2, 0) is 0 Å². The Bertz CT molecular complexity index is 1010. The van der Waals surface area contributed by atoms with Crippen molar-refractivity contribution in [2.24, 2.45) is 5.92 Å². The van der Waals surface area contributed by atoms with Crippen LogP contribution in [0.15, 0.2) is 30.3 Å². The van der Waals surface area contributed by atoms with E-state index in [2.05, 4.69) is 62.1 Å². The third kappa shape index (κ3) is 7.12.